The number of carbonyl (C=O) groups is 1. The fourth-order valence-electron chi connectivity index (χ4n) is 4.17. The number of likely N-dealkylation sites (N-methyl/N-ethyl adjacent to an activating group) is 1. The van der Waals surface area contributed by atoms with Crippen molar-refractivity contribution in [3.63, 3.8) is 0 Å². The Morgan fingerprint density at radius 1 is 0.906 bits per heavy atom. The van der Waals surface area contributed by atoms with E-state index in [0.29, 0.717) is 0 Å². The lowest BCUT2D eigenvalue weighted by molar-refractivity contribution is -0.898. The highest BCUT2D eigenvalue weighted by molar-refractivity contribution is 5.97. The third kappa shape index (κ3) is 5.48. The van der Waals surface area contributed by atoms with Crippen molar-refractivity contribution in [1.82, 2.24) is 0 Å². The monoisotopic (exact) mass is 429 g/mol. The van der Waals surface area contributed by atoms with E-state index in [1.54, 1.807) is 4.90 Å². The van der Waals surface area contributed by atoms with Crippen LogP contribution in [-0.2, 0) is 4.79 Å². The van der Waals surface area contributed by atoms with Gasteiger partial charge in [0.2, 0.25) is 0 Å². The first kappa shape index (κ1) is 21.9. The molecule has 1 atom stereocenters. The maximum absolute atomic E-state index is 13.2. The van der Waals surface area contributed by atoms with Crippen molar-refractivity contribution in [2.24, 2.45) is 0 Å². The Labute approximate surface area is 191 Å². The highest BCUT2D eigenvalue weighted by atomic mass is 16.2. The Kier molecular flexibility index (Phi) is 7.07. The zero-order valence-electron chi connectivity index (χ0n) is 19.0. The van der Waals surface area contributed by atoms with E-state index >= 15 is 0 Å². The van der Waals surface area contributed by atoms with Gasteiger partial charge in [0.05, 0.1) is 32.7 Å². The van der Waals surface area contributed by atoms with E-state index in [2.05, 4.69) is 46.7 Å². The van der Waals surface area contributed by atoms with Crippen LogP contribution in [0.25, 0.3) is 0 Å². The van der Waals surface area contributed by atoms with Gasteiger partial charge in [-0.2, -0.15) is 0 Å². The van der Waals surface area contributed by atoms with Crippen molar-refractivity contribution in [3.05, 3.63) is 90.0 Å². The number of aryl methyl sites for hydroxylation is 1. The summed E-state index contributed by atoms with van der Waals surface area (Å²) in [6, 6.07) is 25.7. The van der Waals surface area contributed by atoms with E-state index in [9.17, 15) is 4.79 Å². The zero-order chi connectivity index (χ0) is 22.3. The van der Waals surface area contributed by atoms with Crippen LogP contribution in [-0.4, -0.2) is 38.6 Å². The molecule has 166 valence electrons. The number of nitrogens with one attached hydrogen (secondary N) is 3. The van der Waals surface area contributed by atoms with E-state index in [-0.39, 0.29) is 5.91 Å². The Hall–Kier alpha value is -3.31. The molecule has 5 nitrogen and oxygen atoms in total. The molecule has 1 amide bonds. The minimum atomic E-state index is -0.486. The lowest BCUT2D eigenvalue weighted by atomic mass is 10.1. The number of rotatable bonds is 7. The number of hydrogen-bond acceptors (Lipinski definition) is 3. The van der Waals surface area contributed by atoms with Gasteiger partial charge in [-0.15, -0.1) is 0 Å². The lowest BCUT2D eigenvalue weighted by Gasteiger charge is -2.33. The van der Waals surface area contributed by atoms with E-state index in [1.807, 2.05) is 61.5 Å². The van der Waals surface area contributed by atoms with Crippen LogP contribution in [0.3, 0.4) is 0 Å². The van der Waals surface area contributed by atoms with Crippen molar-refractivity contribution in [2.45, 2.75) is 19.9 Å². The first-order valence-electron chi connectivity index (χ1n) is 11.5. The minimum Gasteiger partial charge on any atom is -0.370 e. The summed E-state index contributed by atoms with van der Waals surface area (Å²) in [6.07, 6.45) is 0. The van der Waals surface area contributed by atoms with Crippen LogP contribution >= 0.6 is 0 Å². The number of hydrogen-bond donors (Lipinski definition) is 3. The summed E-state index contributed by atoms with van der Waals surface area (Å²) in [4.78, 5) is 17.3. The first-order valence-corrected chi connectivity index (χ1v) is 11.5. The van der Waals surface area contributed by atoms with Crippen LogP contribution in [0.2, 0.25) is 0 Å². The second-order valence-electron chi connectivity index (χ2n) is 8.48. The molecule has 0 radical (unpaired) electrons. The molecular weight excluding hydrogens is 396 g/mol. The van der Waals surface area contributed by atoms with Crippen molar-refractivity contribution < 1.29 is 9.69 Å². The van der Waals surface area contributed by atoms with Crippen molar-refractivity contribution in [3.8, 4) is 0 Å². The van der Waals surface area contributed by atoms with Crippen LogP contribution in [0, 0.1) is 6.92 Å². The van der Waals surface area contributed by atoms with Crippen molar-refractivity contribution in [2.75, 3.05) is 48.3 Å². The number of piperazine rings is 1. The minimum absolute atomic E-state index is 0.0807. The van der Waals surface area contributed by atoms with Gasteiger partial charge in [0.15, 0.2) is 0 Å². The molecular formula is C27H33N4O+. The Balaban J connectivity index is 1.47. The molecule has 3 aromatic carbocycles. The molecule has 0 unspecified atom stereocenters. The summed E-state index contributed by atoms with van der Waals surface area (Å²) < 4.78 is 0. The predicted molar refractivity (Wildman–Crippen MR) is 133 cm³/mol. The topological polar surface area (TPSA) is 48.8 Å². The molecule has 1 aliphatic heterocycles. The molecule has 0 aromatic heterocycles. The number of carbonyl (C=O) groups excluding carboxylic acids is 1. The molecule has 32 heavy (non-hydrogen) atoms. The lowest BCUT2D eigenvalue weighted by Crippen LogP contribution is -3.14. The maximum atomic E-state index is 13.2. The first-order chi connectivity index (χ1) is 15.6. The Morgan fingerprint density at radius 3 is 2.16 bits per heavy atom. The van der Waals surface area contributed by atoms with E-state index < -0.39 is 6.04 Å². The second-order valence-corrected chi connectivity index (χ2v) is 8.48. The third-order valence-electron chi connectivity index (χ3n) is 6.23. The highest BCUT2D eigenvalue weighted by Gasteiger charge is 2.22. The normalized spacial score (nSPS) is 15.2. The zero-order valence-corrected chi connectivity index (χ0v) is 19.0. The summed E-state index contributed by atoms with van der Waals surface area (Å²) in [6.45, 7) is 10.0. The Morgan fingerprint density at radius 2 is 1.53 bits per heavy atom. The molecule has 3 aromatic rings. The quantitative estimate of drug-likeness (QED) is 0.539. The molecule has 0 saturated carbocycles. The maximum Gasteiger partial charge on any atom is 0.251 e. The molecule has 0 bridgehead atoms. The van der Waals surface area contributed by atoms with Gasteiger partial charge in [-0.3, -0.25) is 4.79 Å². The SMILES string of the molecule is CC[NH+]1CCN(c2ccc(N[C@H](C(=O)Nc3ccc(C)cc3)c3ccccc3)cc2)CC1. The van der Waals surface area contributed by atoms with Gasteiger partial charge in [-0.1, -0.05) is 48.0 Å². The van der Waals surface area contributed by atoms with Gasteiger partial charge in [0.25, 0.3) is 5.91 Å². The van der Waals surface area contributed by atoms with Crippen molar-refractivity contribution >= 4 is 23.0 Å². The smallest absolute Gasteiger partial charge is 0.251 e. The largest absolute Gasteiger partial charge is 0.370 e. The molecule has 5 heteroatoms. The number of nitrogens with zero attached hydrogens (tertiary/aromatic N) is 1. The highest BCUT2D eigenvalue weighted by Crippen LogP contribution is 2.24. The summed E-state index contributed by atoms with van der Waals surface area (Å²) in [5, 5.41) is 6.49. The van der Waals surface area contributed by atoms with E-state index in [1.165, 1.54) is 30.9 Å². The van der Waals surface area contributed by atoms with Crippen molar-refractivity contribution in [1.29, 1.82) is 0 Å². The molecule has 4 rings (SSSR count). The Bertz CT molecular complexity index is 994. The van der Waals surface area contributed by atoms with Crippen LogP contribution < -0.4 is 20.4 Å². The number of amides is 1. The van der Waals surface area contributed by atoms with E-state index in [4.69, 9.17) is 0 Å². The van der Waals surface area contributed by atoms with Gasteiger partial charge in [0.1, 0.15) is 6.04 Å². The molecule has 1 saturated heterocycles. The van der Waals surface area contributed by atoms with Crippen LogP contribution in [0.15, 0.2) is 78.9 Å². The predicted octanol–water partition coefficient (Wildman–Crippen LogP) is 3.51. The second kappa shape index (κ2) is 10.3. The van der Waals surface area contributed by atoms with Gasteiger partial charge >= 0.3 is 0 Å². The molecule has 1 aliphatic rings. The summed E-state index contributed by atoms with van der Waals surface area (Å²) in [5.74, 6) is -0.0807. The third-order valence-corrected chi connectivity index (χ3v) is 6.23. The molecule has 0 aliphatic carbocycles. The molecule has 0 spiro atoms. The van der Waals surface area contributed by atoms with Gasteiger partial charge < -0.3 is 20.4 Å². The van der Waals surface area contributed by atoms with Crippen LogP contribution in [0.4, 0.5) is 17.1 Å². The van der Waals surface area contributed by atoms with Crippen LogP contribution in [0.1, 0.15) is 24.1 Å². The average molecular weight is 430 g/mol. The molecule has 3 N–H and O–H groups in total. The number of anilines is 3. The fourth-order valence-corrected chi connectivity index (χ4v) is 4.17. The van der Waals surface area contributed by atoms with Crippen LogP contribution in [0.5, 0.6) is 0 Å². The van der Waals surface area contributed by atoms with E-state index in [0.717, 1.165) is 30.0 Å². The standard InChI is InChI=1S/C27H32N4O/c1-3-30-17-19-31(20-18-30)25-15-13-23(14-16-25)28-26(22-7-5-4-6-8-22)27(32)29-24-11-9-21(2)10-12-24/h4-16,26,28H,3,17-20H2,1-2H3,(H,29,32)/p+1/t26-/m0/s1. The fraction of sp³-hybridized carbons (Fsp3) is 0.296. The number of quaternary nitrogens is 1. The van der Waals surface area contributed by atoms with Gasteiger partial charge in [-0.05, 0) is 55.8 Å². The number of benzene rings is 3. The molecule has 1 heterocycles. The summed E-state index contributed by atoms with van der Waals surface area (Å²) >= 11 is 0. The molecule has 1 fully saturated rings. The average Bonchev–Trinajstić information content (AvgIpc) is 2.85. The van der Waals surface area contributed by atoms with Gasteiger partial charge in [-0.25, -0.2) is 0 Å². The summed E-state index contributed by atoms with van der Waals surface area (Å²) in [5.41, 5.74) is 5.07. The van der Waals surface area contributed by atoms with Gasteiger partial charge in [0, 0.05) is 17.1 Å². The summed E-state index contributed by atoms with van der Waals surface area (Å²) in [7, 11) is 0.